The quantitative estimate of drug-likeness (QED) is 0.262. The van der Waals surface area contributed by atoms with Gasteiger partial charge in [-0.2, -0.15) is 5.10 Å². The molecule has 2 atom stereocenters. The minimum Gasteiger partial charge on any atom is -0.457 e. The number of anilines is 1. The molecule has 2 aromatic carbocycles. The lowest BCUT2D eigenvalue weighted by molar-refractivity contribution is -0.127. The van der Waals surface area contributed by atoms with Crippen LogP contribution in [0.4, 0.5) is 5.82 Å². The van der Waals surface area contributed by atoms with Crippen LogP contribution in [0.25, 0.3) is 11.3 Å². The highest BCUT2D eigenvalue weighted by Gasteiger charge is 2.30. The van der Waals surface area contributed by atoms with Crippen LogP contribution in [0.2, 0.25) is 0 Å². The maximum atomic E-state index is 12.4. The van der Waals surface area contributed by atoms with Crippen molar-refractivity contribution in [3.63, 3.8) is 0 Å². The molecule has 0 saturated carbocycles. The fourth-order valence-electron chi connectivity index (χ4n) is 5.33. The topological polar surface area (TPSA) is 118 Å². The molecule has 0 aliphatic carbocycles. The lowest BCUT2D eigenvalue weighted by Crippen LogP contribution is -2.41. The van der Waals surface area contributed by atoms with Crippen molar-refractivity contribution in [3.8, 4) is 22.8 Å². The van der Waals surface area contributed by atoms with Crippen molar-refractivity contribution in [2.45, 2.75) is 25.1 Å². The van der Waals surface area contributed by atoms with E-state index in [-0.39, 0.29) is 11.9 Å². The first-order chi connectivity index (χ1) is 19.5. The second kappa shape index (κ2) is 13.1. The smallest absolute Gasteiger partial charge is 0.246 e. The van der Waals surface area contributed by atoms with Crippen LogP contribution in [-0.4, -0.2) is 83.1 Å². The molecule has 5 rings (SSSR count). The summed E-state index contributed by atoms with van der Waals surface area (Å²) < 4.78 is 13.3. The number of ether oxygens (including phenoxy) is 2. The van der Waals surface area contributed by atoms with Crippen molar-refractivity contribution in [1.29, 1.82) is 0 Å². The van der Waals surface area contributed by atoms with Crippen molar-refractivity contribution in [2.75, 3.05) is 57.8 Å². The first kappa shape index (κ1) is 27.9. The Kier molecular flexibility index (Phi) is 9.12. The van der Waals surface area contributed by atoms with Crippen molar-refractivity contribution >= 4 is 11.7 Å². The van der Waals surface area contributed by atoms with Crippen molar-refractivity contribution in [2.24, 2.45) is 5.73 Å². The van der Waals surface area contributed by atoms with Crippen molar-refractivity contribution < 1.29 is 19.4 Å². The molecule has 2 unspecified atom stereocenters. The molecule has 2 fully saturated rings. The first-order valence-corrected chi connectivity index (χ1v) is 13.9. The summed E-state index contributed by atoms with van der Waals surface area (Å²) in [5.74, 6) is 2.03. The molecule has 1 amide bonds. The predicted molar refractivity (Wildman–Crippen MR) is 154 cm³/mol. The monoisotopic (exact) mass is 546 g/mol. The molecular formula is C30H38N6O4. The van der Waals surface area contributed by atoms with E-state index >= 15 is 0 Å². The number of hydrogen-bond acceptors (Lipinski definition) is 8. The average Bonchev–Trinajstić information content (AvgIpc) is 3.38. The summed E-state index contributed by atoms with van der Waals surface area (Å²) in [5.41, 5.74) is 8.11. The highest BCUT2D eigenvalue weighted by Crippen LogP contribution is 2.37. The Balaban J connectivity index is 1.45. The SMILES string of the molecule is C=CC(=O)N1CCCC(n2nc(-c3ccc(Oc4ccccc4)cc3)c(C(N)O)c2NCCN2CCOCC2)C1. The van der Waals surface area contributed by atoms with E-state index in [4.69, 9.17) is 20.3 Å². The molecule has 212 valence electrons. The second-order valence-corrected chi connectivity index (χ2v) is 10.1. The van der Waals surface area contributed by atoms with Crippen LogP contribution in [0, 0.1) is 0 Å². The summed E-state index contributed by atoms with van der Waals surface area (Å²) in [6.07, 6.45) is 1.81. The number of morpholine rings is 1. The molecule has 3 heterocycles. The summed E-state index contributed by atoms with van der Waals surface area (Å²) in [6.45, 7) is 9.55. The van der Waals surface area contributed by atoms with E-state index in [1.165, 1.54) is 6.08 Å². The molecule has 10 heteroatoms. The number of hydrogen-bond donors (Lipinski definition) is 3. The minimum absolute atomic E-state index is 0.0736. The first-order valence-electron chi connectivity index (χ1n) is 13.9. The maximum Gasteiger partial charge on any atom is 0.246 e. The van der Waals surface area contributed by atoms with E-state index in [0.29, 0.717) is 42.5 Å². The van der Waals surface area contributed by atoms with Crippen LogP contribution >= 0.6 is 0 Å². The summed E-state index contributed by atoms with van der Waals surface area (Å²) in [5, 5.41) is 19.3. The summed E-state index contributed by atoms with van der Waals surface area (Å²) in [6, 6.07) is 17.1. The van der Waals surface area contributed by atoms with Gasteiger partial charge in [0.25, 0.3) is 0 Å². The number of carbonyl (C=O) groups is 1. The number of nitrogens with one attached hydrogen (secondary N) is 1. The number of aliphatic hydroxyl groups is 1. The Labute approximate surface area is 235 Å². The Morgan fingerprint density at radius 3 is 2.58 bits per heavy atom. The summed E-state index contributed by atoms with van der Waals surface area (Å²) >= 11 is 0. The van der Waals surface area contributed by atoms with E-state index in [1.54, 1.807) is 4.90 Å². The normalized spacial score (nSPS) is 18.8. The molecule has 0 bridgehead atoms. The standard InChI is InChI=1S/C30H38N6O4/c1-2-26(37)35-15-6-7-23(21-35)36-30(32-14-16-34-17-19-39-20-18-34)27(29(31)38)28(33-36)22-10-12-25(13-11-22)40-24-8-4-3-5-9-24/h2-5,8-13,23,29,32,38H,1,6-7,14-21,31H2. The lowest BCUT2D eigenvalue weighted by Gasteiger charge is -2.33. The van der Waals surface area contributed by atoms with Gasteiger partial charge in [0.15, 0.2) is 0 Å². The zero-order valence-corrected chi connectivity index (χ0v) is 22.7. The van der Waals surface area contributed by atoms with E-state index < -0.39 is 6.23 Å². The Hall–Kier alpha value is -3.70. The van der Waals surface area contributed by atoms with Gasteiger partial charge in [-0.3, -0.25) is 9.69 Å². The van der Waals surface area contributed by atoms with Gasteiger partial charge in [0.1, 0.15) is 29.2 Å². The van der Waals surface area contributed by atoms with E-state index in [2.05, 4.69) is 16.8 Å². The highest BCUT2D eigenvalue weighted by molar-refractivity contribution is 5.87. The molecule has 4 N–H and O–H groups in total. The minimum atomic E-state index is -1.25. The number of nitrogens with zero attached hydrogens (tertiary/aromatic N) is 4. The number of benzene rings is 2. The highest BCUT2D eigenvalue weighted by atomic mass is 16.5. The number of aliphatic hydroxyl groups excluding tert-OH is 1. The number of carbonyl (C=O) groups excluding carboxylic acids is 1. The van der Waals surface area contributed by atoms with Gasteiger partial charge in [-0.05, 0) is 55.3 Å². The summed E-state index contributed by atoms with van der Waals surface area (Å²) in [7, 11) is 0. The van der Waals surface area contributed by atoms with E-state index in [9.17, 15) is 9.90 Å². The van der Waals surface area contributed by atoms with Crippen LogP contribution in [0.1, 0.15) is 30.7 Å². The Bertz CT molecular complexity index is 1270. The molecule has 0 radical (unpaired) electrons. The predicted octanol–water partition coefficient (Wildman–Crippen LogP) is 3.39. The van der Waals surface area contributed by atoms with Crippen molar-refractivity contribution in [1.82, 2.24) is 19.6 Å². The zero-order valence-electron chi connectivity index (χ0n) is 22.7. The third-order valence-electron chi connectivity index (χ3n) is 7.40. The van der Waals surface area contributed by atoms with Gasteiger partial charge in [0.2, 0.25) is 5.91 Å². The average molecular weight is 547 g/mol. The maximum absolute atomic E-state index is 12.4. The number of amides is 1. The van der Waals surface area contributed by atoms with Gasteiger partial charge in [-0.25, -0.2) is 4.68 Å². The molecule has 2 aliphatic rings. The fraction of sp³-hybridized carbons (Fsp3) is 0.400. The number of nitrogens with two attached hydrogens (primary N) is 1. The Morgan fingerprint density at radius 2 is 1.88 bits per heavy atom. The molecule has 2 saturated heterocycles. The molecule has 1 aromatic heterocycles. The Morgan fingerprint density at radius 1 is 1.15 bits per heavy atom. The van der Waals surface area contributed by atoms with Crippen LogP contribution in [0.5, 0.6) is 11.5 Å². The largest absolute Gasteiger partial charge is 0.457 e. The molecule has 0 spiro atoms. The number of para-hydroxylation sites is 1. The van der Waals surface area contributed by atoms with Crippen LogP contribution in [-0.2, 0) is 9.53 Å². The van der Waals surface area contributed by atoms with Crippen LogP contribution in [0.3, 0.4) is 0 Å². The van der Waals surface area contributed by atoms with Gasteiger partial charge in [-0.1, -0.05) is 24.8 Å². The number of likely N-dealkylation sites (tertiary alicyclic amines) is 1. The summed E-state index contributed by atoms with van der Waals surface area (Å²) in [4.78, 5) is 16.6. The van der Waals surface area contributed by atoms with Crippen LogP contribution < -0.4 is 15.8 Å². The van der Waals surface area contributed by atoms with Gasteiger partial charge in [0.05, 0.1) is 24.8 Å². The lowest BCUT2D eigenvalue weighted by atomic mass is 10.0. The fourth-order valence-corrected chi connectivity index (χ4v) is 5.33. The van der Waals surface area contributed by atoms with Gasteiger partial charge in [0, 0.05) is 44.8 Å². The van der Waals surface area contributed by atoms with Gasteiger partial charge in [-0.15, -0.1) is 0 Å². The zero-order chi connectivity index (χ0) is 27.9. The van der Waals surface area contributed by atoms with Gasteiger partial charge < -0.3 is 30.5 Å². The third kappa shape index (κ3) is 6.53. The molecular weight excluding hydrogens is 508 g/mol. The van der Waals surface area contributed by atoms with Gasteiger partial charge >= 0.3 is 0 Å². The number of rotatable bonds is 10. The molecule has 2 aliphatic heterocycles. The third-order valence-corrected chi connectivity index (χ3v) is 7.40. The van der Waals surface area contributed by atoms with Crippen molar-refractivity contribution in [3.05, 3.63) is 72.8 Å². The van der Waals surface area contributed by atoms with Crippen LogP contribution in [0.15, 0.2) is 67.3 Å². The van der Waals surface area contributed by atoms with E-state index in [0.717, 1.165) is 57.0 Å². The second-order valence-electron chi connectivity index (χ2n) is 10.1. The number of aromatic nitrogens is 2. The molecule has 10 nitrogen and oxygen atoms in total. The van der Waals surface area contributed by atoms with E-state index in [1.807, 2.05) is 59.3 Å². The molecule has 3 aromatic rings. The number of piperidine rings is 1. The molecule has 40 heavy (non-hydrogen) atoms.